The maximum Gasteiger partial charge on any atom is 0.178 e. The predicted octanol–water partition coefficient (Wildman–Crippen LogP) is 5.62. The fourth-order valence-corrected chi connectivity index (χ4v) is 7.25. The molecule has 0 saturated heterocycles. The van der Waals surface area contributed by atoms with Crippen LogP contribution in [0.1, 0.15) is 73.6 Å². The first-order chi connectivity index (χ1) is 17.4. The third-order valence-corrected chi connectivity index (χ3v) is 9.84. The van der Waals surface area contributed by atoms with Crippen LogP contribution in [-0.2, 0) is 9.59 Å². The van der Waals surface area contributed by atoms with Crippen molar-refractivity contribution < 1.29 is 14.7 Å². The lowest BCUT2D eigenvalue weighted by Gasteiger charge is -2.50. The zero-order chi connectivity index (χ0) is 27.4. The SMILES string of the molecule is C=c1cccc/c1=C(/N=CC)SCC(=O)[C@@](O)(CCC)C(C)(C)CC1CCC2=CC(=O)C=CC2(C)C1C. The number of fused-ring (bicyclic) bond motifs is 1. The Morgan fingerprint density at radius 2 is 2.03 bits per heavy atom. The van der Waals surface area contributed by atoms with Gasteiger partial charge in [0.15, 0.2) is 11.6 Å². The van der Waals surface area contributed by atoms with Crippen LogP contribution in [0.4, 0.5) is 0 Å². The van der Waals surface area contributed by atoms with E-state index in [0.717, 1.165) is 41.1 Å². The Bertz CT molecular complexity index is 1230. The number of ketones is 2. The molecule has 1 fully saturated rings. The highest BCUT2D eigenvalue weighted by Gasteiger charge is 2.51. The molecule has 0 amide bonds. The predicted molar refractivity (Wildman–Crippen MR) is 157 cm³/mol. The van der Waals surface area contributed by atoms with Crippen molar-refractivity contribution in [1.82, 2.24) is 0 Å². The molecule has 5 heteroatoms. The molecule has 4 nitrogen and oxygen atoms in total. The summed E-state index contributed by atoms with van der Waals surface area (Å²) >= 11 is 1.37. The Hall–Kier alpha value is -2.24. The van der Waals surface area contributed by atoms with Crippen molar-refractivity contribution in [2.24, 2.45) is 27.7 Å². The Balaban J connectivity index is 1.84. The van der Waals surface area contributed by atoms with Gasteiger partial charge in [-0.2, -0.15) is 0 Å². The second-order valence-electron chi connectivity index (χ2n) is 11.5. The van der Waals surface area contributed by atoms with E-state index in [0.29, 0.717) is 18.3 Å². The fourth-order valence-electron chi connectivity index (χ4n) is 6.21. The third-order valence-electron chi connectivity index (χ3n) is 8.84. The van der Waals surface area contributed by atoms with E-state index in [9.17, 15) is 14.7 Å². The molecule has 4 atom stereocenters. The normalized spacial score (nSPS) is 26.5. The van der Waals surface area contributed by atoms with E-state index in [-0.39, 0.29) is 22.7 Å². The van der Waals surface area contributed by atoms with E-state index >= 15 is 0 Å². The minimum absolute atomic E-state index is 0.0731. The minimum atomic E-state index is -1.44. The second-order valence-corrected chi connectivity index (χ2v) is 12.5. The molecule has 200 valence electrons. The summed E-state index contributed by atoms with van der Waals surface area (Å²) in [6.07, 6.45) is 11.0. The zero-order valence-electron chi connectivity index (χ0n) is 23.3. The van der Waals surface area contributed by atoms with Crippen LogP contribution in [-0.4, -0.2) is 34.2 Å². The molecule has 0 radical (unpaired) electrons. The lowest BCUT2D eigenvalue weighted by Crippen LogP contribution is -2.54. The summed E-state index contributed by atoms with van der Waals surface area (Å²) in [7, 11) is 0. The summed E-state index contributed by atoms with van der Waals surface area (Å²) < 4.78 is 0. The van der Waals surface area contributed by atoms with Crippen molar-refractivity contribution in [2.75, 3.05) is 5.75 Å². The highest BCUT2D eigenvalue weighted by Crippen LogP contribution is 2.54. The molecule has 0 heterocycles. The second kappa shape index (κ2) is 11.7. The molecular formula is C32H43NO3S. The van der Waals surface area contributed by atoms with Gasteiger partial charge in [-0.25, -0.2) is 0 Å². The molecule has 1 N–H and O–H groups in total. The maximum atomic E-state index is 13.8. The molecule has 0 bridgehead atoms. The number of carbonyl (C=O) groups excluding carboxylic acids is 2. The topological polar surface area (TPSA) is 66.7 Å². The van der Waals surface area contributed by atoms with Gasteiger partial charge in [-0.1, -0.05) is 95.3 Å². The largest absolute Gasteiger partial charge is 0.381 e. The molecule has 1 saturated carbocycles. The maximum absolute atomic E-state index is 13.8. The average molecular weight is 522 g/mol. The number of thioether (sulfide) groups is 1. The Morgan fingerprint density at radius 3 is 2.68 bits per heavy atom. The van der Waals surface area contributed by atoms with Gasteiger partial charge in [-0.15, -0.1) is 0 Å². The molecule has 37 heavy (non-hydrogen) atoms. The lowest BCUT2D eigenvalue weighted by atomic mass is 9.55. The third kappa shape index (κ3) is 5.93. The number of allylic oxidation sites excluding steroid dienone is 4. The van der Waals surface area contributed by atoms with Gasteiger partial charge in [-0.05, 0) is 61.8 Å². The van der Waals surface area contributed by atoms with E-state index in [2.05, 4.69) is 31.5 Å². The molecule has 2 aliphatic rings. The van der Waals surface area contributed by atoms with Crippen molar-refractivity contribution in [3.05, 3.63) is 58.5 Å². The molecule has 0 aliphatic heterocycles. The minimum Gasteiger partial charge on any atom is -0.381 e. The van der Waals surface area contributed by atoms with Crippen molar-refractivity contribution in [1.29, 1.82) is 0 Å². The van der Waals surface area contributed by atoms with E-state index in [1.807, 2.05) is 58.0 Å². The lowest BCUT2D eigenvalue weighted by molar-refractivity contribution is -0.153. The number of aliphatic hydroxyl groups is 1. The van der Waals surface area contributed by atoms with Crippen molar-refractivity contribution in [2.45, 2.75) is 79.2 Å². The molecule has 2 aliphatic carbocycles. The summed E-state index contributed by atoms with van der Waals surface area (Å²) in [5.74, 6) is 0.718. The monoisotopic (exact) mass is 521 g/mol. The number of benzene rings is 1. The molecule has 3 unspecified atom stereocenters. The summed E-state index contributed by atoms with van der Waals surface area (Å²) in [6.45, 7) is 16.6. The Morgan fingerprint density at radius 1 is 1.32 bits per heavy atom. The zero-order valence-corrected chi connectivity index (χ0v) is 24.2. The number of Topliss-reactive ketones (excluding diaryl/α,β-unsaturated/α-hetero) is 1. The summed E-state index contributed by atoms with van der Waals surface area (Å²) in [4.78, 5) is 30.3. The van der Waals surface area contributed by atoms with Crippen LogP contribution >= 0.6 is 11.8 Å². The van der Waals surface area contributed by atoms with E-state index in [1.165, 1.54) is 17.3 Å². The van der Waals surface area contributed by atoms with E-state index < -0.39 is 11.0 Å². The number of nitrogens with zero attached hydrogens (tertiary/aromatic N) is 1. The number of hydrogen-bond acceptors (Lipinski definition) is 5. The van der Waals surface area contributed by atoms with Crippen LogP contribution in [0.2, 0.25) is 0 Å². The first-order valence-corrected chi connectivity index (χ1v) is 14.5. The number of aliphatic imine (C=N–C) groups is 1. The average Bonchev–Trinajstić information content (AvgIpc) is 2.85. The van der Waals surface area contributed by atoms with Gasteiger partial charge in [0.25, 0.3) is 0 Å². The number of carbonyl (C=O) groups is 2. The standard InChI is InChI=1S/C32H43NO3S/c1-8-17-32(36,28(35)21-37-29(33-9-2)27-13-11-10-12-22(27)3)30(5,6)20-24-14-15-25-19-26(34)16-18-31(25,7)23(24)4/h9-13,16,18-19,23-24,36H,3,8,14-15,17,20-21H2,1-2,4-7H3/b29-27+,33-9?/t23?,24?,31?,32-/m0/s1. The molecule has 3 rings (SSSR count). The Labute approximate surface area is 226 Å². The van der Waals surface area contributed by atoms with Gasteiger partial charge in [0.05, 0.1) is 5.75 Å². The van der Waals surface area contributed by atoms with Crippen molar-refractivity contribution in [3.63, 3.8) is 0 Å². The number of hydrogen-bond donors (Lipinski definition) is 1. The first-order valence-electron chi connectivity index (χ1n) is 13.5. The molecular weight excluding hydrogens is 478 g/mol. The fraction of sp³-hybridized carbons (Fsp3) is 0.531. The highest BCUT2D eigenvalue weighted by molar-refractivity contribution is 8.08. The highest BCUT2D eigenvalue weighted by atomic mass is 32.2. The summed E-state index contributed by atoms with van der Waals surface area (Å²) in [5, 5.41) is 14.5. The van der Waals surface area contributed by atoms with Crippen LogP contribution in [0.25, 0.3) is 11.6 Å². The van der Waals surface area contributed by atoms with Crippen molar-refractivity contribution in [3.8, 4) is 0 Å². The summed E-state index contributed by atoms with van der Waals surface area (Å²) in [6, 6.07) is 7.77. The van der Waals surface area contributed by atoms with Gasteiger partial charge in [0.1, 0.15) is 10.6 Å². The van der Waals surface area contributed by atoms with Gasteiger partial charge in [0, 0.05) is 22.3 Å². The molecule has 1 aromatic carbocycles. The van der Waals surface area contributed by atoms with E-state index in [4.69, 9.17) is 0 Å². The number of rotatable bonds is 10. The van der Waals surface area contributed by atoms with Crippen molar-refractivity contribution >= 4 is 41.2 Å². The molecule has 1 aromatic rings. The van der Waals surface area contributed by atoms with Crippen LogP contribution in [0.5, 0.6) is 0 Å². The van der Waals surface area contributed by atoms with Crippen LogP contribution in [0.3, 0.4) is 0 Å². The van der Waals surface area contributed by atoms with Crippen LogP contribution in [0.15, 0.2) is 53.1 Å². The quantitative estimate of drug-likeness (QED) is 0.406. The van der Waals surface area contributed by atoms with Gasteiger partial charge in [0.2, 0.25) is 0 Å². The molecule has 0 aromatic heterocycles. The smallest absolute Gasteiger partial charge is 0.178 e. The van der Waals surface area contributed by atoms with Crippen LogP contribution < -0.4 is 10.4 Å². The van der Waals surface area contributed by atoms with Gasteiger partial charge in [-0.3, -0.25) is 14.6 Å². The van der Waals surface area contributed by atoms with E-state index in [1.54, 1.807) is 12.3 Å². The summed E-state index contributed by atoms with van der Waals surface area (Å²) in [5.41, 5.74) is -0.985. The Kier molecular flexibility index (Phi) is 9.23. The van der Waals surface area contributed by atoms with Gasteiger partial charge < -0.3 is 5.11 Å². The molecule has 0 spiro atoms. The van der Waals surface area contributed by atoms with Gasteiger partial charge >= 0.3 is 0 Å². The first kappa shape index (κ1) is 29.3. The van der Waals surface area contributed by atoms with Crippen LogP contribution in [0, 0.1) is 22.7 Å².